The number of carboxylic acid groups (broad SMARTS) is 1. The van der Waals surface area contributed by atoms with Gasteiger partial charge in [-0.3, -0.25) is 4.79 Å². The monoisotopic (exact) mass is 200 g/mol. The molecule has 1 N–H and O–H groups in total. The molecule has 0 atom stereocenters. The molecule has 1 aromatic rings. The van der Waals surface area contributed by atoms with Crippen molar-refractivity contribution in [3.8, 4) is 5.06 Å². The van der Waals surface area contributed by atoms with Crippen molar-refractivity contribution in [1.82, 2.24) is 0 Å². The number of rotatable bonds is 3. The Hall–Kier alpha value is -1.03. The van der Waals surface area contributed by atoms with Crippen LogP contribution in [-0.4, -0.2) is 18.2 Å². The Labute approximate surface area is 81.0 Å². The van der Waals surface area contributed by atoms with E-state index in [9.17, 15) is 4.79 Å². The van der Waals surface area contributed by atoms with Gasteiger partial charge in [-0.1, -0.05) is 0 Å². The lowest BCUT2D eigenvalue weighted by atomic mass is 9.92. The van der Waals surface area contributed by atoms with Gasteiger partial charge >= 0.3 is 5.97 Å². The standard InChI is InChI=1S/C9H12O3S/c1-9(2,8(10)11)6-4-5-7(12-3)13-6/h4-5H,1-3H3,(H,10,11). The molecule has 0 aromatic carbocycles. The van der Waals surface area contributed by atoms with Crippen LogP contribution in [0, 0.1) is 0 Å². The van der Waals surface area contributed by atoms with Gasteiger partial charge in [0.1, 0.15) is 0 Å². The van der Waals surface area contributed by atoms with Crippen LogP contribution in [0.1, 0.15) is 18.7 Å². The van der Waals surface area contributed by atoms with E-state index in [1.54, 1.807) is 33.1 Å². The van der Waals surface area contributed by atoms with Gasteiger partial charge in [0.15, 0.2) is 5.06 Å². The van der Waals surface area contributed by atoms with E-state index in [-0.39, 0.29) is 0 Å². The van der Waals surface area contributed by atoms with Crippen molar-refractivity contribution in [2.75, 3.05) is 7.11 Å². The molecule has 0 aliphatic rings. The molecule has 0 fully saturated rings. The Balaban J connectivity index is 3.00. The molecule has 0 bridgehead atoms. The Morgan fingerprint density at radius 1 is 1.54 bits per heavy atom. The molecule has 1 rings (SSSR count). The first kappa shape index (κ1) is 10.1. The summed E-state index contributed by atoms with van der Waals surface area (Å²) in [6.45, 7) is 3.36. The maximum absolute atomic E-state index is 10.9. The summed E-state index contributed by atoms with van der Waals surface area (Å²) in [7, 11) is 1.57. The van der Waals surface area contributed by atoms with E-state index in [0.717, 1.165) is 9.94 Å². The molecule has 1 aromatic heterocycles. The van der Waals surface area contributed by atoms with Crippen molar-refractivity contribution < 1.29 is 14.6 Å². The summed E-state index contributed by atoms with van der Waals surface area (Å²) in [4.78, 5) is 11.7. The van der Waals surface area contributed by atoms with Crippen LogP contribution in [-0.2, 0) is 10.2 Å². The van der Waals surface area contributed by atoms with Gasteiger partial charge in [-0.2, -0.15) is 0 Å². The Kier molecular flexibility index (Phi) is 2.61. The Morgan fingerprint density at radius 2 is 2.15 bits per heavy atom. The molecule has 13 heavy (non-hydrogen) atoms. The van der Waals surface area contributed by atoms with Crippen molar-refractivity contribution in [3.63, 3.8) is 0 Å². The van der Waals surface area contributed by atoms with Gasteiger partial charge in [-0.05, 0) is 26.0 Å². The highest BCUT2D eigenvalue weighted by molar-refractivity contribution is 7.14. The number of ether oxygens (including phenoxy) is 1. The molecule has 4 heteroatoms. The zero-order valence-corrected chi connectivity index (χ0v) is 8.64. The van der Waals surface area contributed by atoms with Gasteiger partial charge in [0.05, 0.1) is 12.5 Å². The number of thiophene rings is 1. The van der Waals surface area contributed by atoms with E-state index < -0.39 is 11.4 Å². The van der Waals surface area contributed by atoms with E-state index in [0.29, 0.717) is 0 Å². The number of methoxy groups -OCH3 is 1. The van der Waals surface area contributed by atoms with Crippen LogP contribution < -0.4 is 4.74 Å². The van der Waals surface area contributed by atoms with Crippen LogP contribution in [0.5, 0.6) is 5.06 Å². The van der Waals surface area contributed by atoms with Gasteiger partial charge in [0, 0.05) is 4.88 Å². The smallest absolute Gasteiger partial charge is 0.314 e. The summed E-state index contributed by atoms with van der Waals surface area (Å²) in [6.07, 6.45) is 0. The second-order valence-electron chi connectivity index (χ2n) is 3.25. The lowest BCUT2D eigenvalue weighted by molar-refractivity contribution is -0.142. The zero-order chi connectivity index (χ0) is 10.1. The highest BCUT2D eigenvalue weighted by Gasteiger charge is 2.31. The first-order valence-electron chi connectivity index (χ1n) is 3.86. The topological polar surface area (TPSA) is 46.5 Å². The van der Waals surface area contributed by atoms with E-state index in [2.05, 4.69) is 0 Å². The van der Waals surface area contributed by atoms with Crippen LogP contribution in [0.15, 0.2) is 12.1 Å². The maximum Gasteiger partial charge on any atom is 0.314 e. The molecule has 0 saturated carbocycles. The lowest BCUT2D eigenvalue weighted by Gasteiger charge is -2.16. The lowest BCUT2D eigenvalue weighted by Crippen LogP contribution is -2.27. The number of carboxylic acids is 1. The number of carbonyl (C=O) groups is 1. The second-order valence-corrected chi connectivity index (χ2v) is 4.30. The van der Waals surface area contributed by atoms with Gasteiger partial charge < -0.3 is 9.84 Å². The van der Waals surface area contributed by atoms with E-state index in [1.807, 2.05) is 0 Å². The first-order chi connectivity index (χ1) is 5.98. The normalized spacial score (nSPS) is 11.3. The van der Waals surface area contributed by atoms with Crippen LogP contribution in [0.2, 0.25) is 0 Å². The molecule has 3 nitrogen and oxygen atoms in total. The Bertz CT molecular complexity index is 314. The van der Waals surface area contributed by atoms with Crippen LogP contribution >= 0.6 is 11.3 Å². The minimum atomic E-state index is -0.832. The molecule has 0 aliphatic heterocycles. The maximum atomic E-state index is 10.9. The molecule has 0 unspecified atom stereocenters. The second kappa shape index (κ2) is 3.38. The molecular formula is C9H12O3S. The minimum absolute atomic E-state index is 0.740. The third kappa shape index (κ3) is 1.83. The summed E-state index contributed by atoms with van der Waals surface area (Å²) in [6, 6.07) is 3.57. The molecule has 72 valence electrons. The van der Waals surface area contributed by atoms with Crippen LogP contribution in [0.3, 0.4) is 0 Å². The van der Waals surface area contributed by atoms with Gasteiger partial charge in [0.2, 0.25) is 0 Å². The van der Waals surface area contributed by atoms with Crippen molar-refractivity contribution in [2.24, 2.45) is 0 Å². The van der Waals surface area contributed by atoms with E-state index >= 15 is 0 Å². The van der Waals surface area contributed by atoms with E-state index in [1.165, 1.54) is 11.3 Å². The quantitative estimate of drug-likeness (QED) is 0.813. The zero-order valence-electron chi connectivity index (χ0n) is 7.83. The fraction of sp³-hybridized carbons (Fsp3) is 0.444. The van der Waals surface area contributed by atoms with Crippen LogP contribution in [0.4, 0.5) is 0 Å². The summed E-state index contributed by atoms with van der Waals surface area (Å²) in [5.41, 5.74) is -0.832. The molecule has 0 radical (unpaired) electrons. The predicted molar refractivity (Wildman–Crippen MR) is 51.5 cm³/mol. The van der Waals surface area contributed by atoms with Crippen molar-refractivity contribution in [2.45, 2.75) is 19.3 Å². The third-order valence-corrected chi connectivity index (χ3v) is 3.30. The van der Waals surface area contributed by atoms with Gasteiger partial charge in [-0.25, -0.2) is 0 Å². The summed E-state index contributed by atoms with van der Waals surface area (Å²) in [5.74, 6) is -0.822. The Morgan fingerprint density at radius 3 is 2.54 bits per heavy atom. The largest absolute Gasteiger partial charge is 0.487 e. The van der Waals surface area contributed by atoms with Crippen molar-refractivity contribution in [3.05, 3.63) is 17.0 Å². The van der Waals surface area contributed by atoms with E-state index in [4.69, 9.17) is 9.84 Å². The summed E-state index contributed by atoms with van der Waals surface area (Å²) in [5, 5.41) is 9.68. The number of hydrogen-bond donors (Lipinski definition) is 1. The fourth-order valence-corrected chi connectivity index (χ4v) is 1.79. The van der Waals surface area contributed by atoms with Crippen molar-refractivity contribution in [1.29, 1.82) is 0 Å². The number of hydrogen-bond acceptors (Lipinski definition) is 3. The molecule has 0 aliphatic carbocycles. The molecule has 0 saturated heterocycles. The van der Waals surface area contributed by atoms with Crippen LogP contribution in [0.25, 0.3) is 0 Å². The molecule has 0 spiro atoms. The SMILES string of the molecule is COc1ccc(C(C)(C)C(=O)O)s1. The molecule has 0 amide bonds. The van der Waals surface area contributed by atoms with Gasteiger partial charge in [0.25, 0.3) is 0 Å². The average Bonchev–Trinajstić information content (AvgIpc) is 2.51. The number of aliphatic carboxylic acids is 1. The summed E-state index contributed by atoms with van der Waals surface area (Å²) < 4.78 is 5.00. The fourth-order valence-electron chi connectivity index (χ4n) is 0.871. The third-order valence-electron chi connectivity index (χ3n) is 1.93. The average molecular weight is 200 g/mol. The summed E-state index contributed by atoms with van der Waals surface area (Å²) >= 11 is 1.37. The highest BCUT2D eigenvalue weighted by atomic mass is 32.1. The predicted octanol–water partition coefficient (Wildman–Crippen LogP) is 2.12. The first-order valence-corrected chi connectivity index (χ1v) is 4.68. The molecular weight excluding hydrogens is 188 g/mol. The van der Waals surface area contributed by atoms with Gasteiger partial charge in [-0.15, -0.1) is 11.3 Å². The molecule has 1 heterocycles. The minimum Gasteiger partial charge on any atom is -0.487 e. The highest BCUT2D eigenvalue weighted by Crippen LogP contribution is 2.33. The van der Waals surface area contributed by atoms with Crippen molar-refractivity contribution >= 4 is 17.3 Å².